The Morgan fingerprint density at radius 1 is 1.00 bits per heavy atom. The van der Waals surface area contributed by atoms with Crippen molar-refractivity contribution in [2.24, 2.45) is 0 Å². The molecule has 0 saturated heterocycles. The Labute approximate surface area is 175 Å². The molecule has 1 atom stereocenters. The molecule has 3 N–H and O–H groups in total. The third-order valence-corrected chi connectivity index (χ3v) is 4.43. The summed E-state index contributed by atoms with van der Waals surface area (Å²) < 4.78 is 10.7. The first-order valence-corrected chi connectivity index (χ1v) is 9.60. The maximum Gasteiger partial charge on any atom is 0.257 e. The van der Waals surface area contributed by atoms with Gasteiger partial charge in [0, 0.05) is 24.7 Å². The molecule has 2 rings (SSSR count). The summed E-state index contributed by atoms with van der Waals surface area (Å²) in [5.41, 5.74) is 2.01. The third-order valence-electron chi connectivity index (χ3n) is 4.43. The van der Waals surface area contributed by atoms with E-state index in [1.807, 2.05) is 19.1 Å². The monoisotopic (exact) mass is 413 g/mol. The number of nitrogens with one attached hydrogen (secondary N) is 3. The Hall–Kier alpha value is -3.55. The first kappa shape index (κ1) is 22.7. The molecule has 0 heterocycles. The molecule has 160 valence electrons. The average molecular weight is 413 g/mol. The van der Waals surface area contributed by atoms with Crippen molar-refractivity contribution in [1.29, 1.82) is 0 Å². The fourth-order valence-corrected chi connectivity index (χ4v) is 2.61. The minimum Gasteiger partial charge on any atom is -0.493 e. The highest BCUT2D eigenvalue weighted by molar-refractivity contribution is 5.95. The molecular weight excluding hydrogens is 386 g/mol. The largest absolute Gasteiger partial charge is 0.493 e. The highest BCUT2D eigenvalue weighted by atomic mass is 16.5. The van der Waals surface area contributed by atoms with Crippen molar-refractivity contribution < 1.29 is 23.9 Å². The van der Waals surface area contributed by atoms with Gasteiger partial charge in [0.05, 0.1) is 13.2 Å². The molecule has 0 bridgehead atoms. The van der Waals surface area contributed by atoms with Crippen LogP contribution in [0.15, 0.2) is 42.5 Å². The third kappa shape index (κ3) is 6.23. The highest BCUT2D eigenvalue weighted by Gasteiger charge is 2.15. The average Bonchev–Trinajstić information content (AvgIpc) is 2.77. The van der Waals surface area contributed by atoms with Gasteiger partial charge in [-0.3, -0.25) is 14.4 Å². The Morgan fingerprint density at radius 3 is 2.30 bits per heavy atom. The number of rotatable bonds is 9. The maximum absolute atomic E-state index is 12.6. The summed E-state index contributed by atoms with van der Waals surface area (Å²) in [6.45, 7) is 3.51. The van der Waals surface area contributed by atoms with Gasteiger partial charge in [0.15, 0.2) is 18.1 Å². The van der Waals surface area contributed by atoms with Crippen molar-refractivity contribution in [2.75, 3.05) is 26.1 Å². The van der Waals surface area contributed by atoms with Crippen LogP contribution < -0.4 is 25.4 Å². The van der Waals surface area contributed by atoms with Crippen LogP contribution in [0.25, 0.3) is 0 Å². The predicted octanol–water partition coefficient (Wildman–Crippen LogP) is 2.66. The standard InChI is InChI=1S/C22H27N3O5/c1-5-20(26)25-17-9-6-15(7-10-17)14(2)24-22(28)16-8-11-18(19(12-16)29-4)30-13-21(27)23-3/h6-12,14H,5,13H2,1-4H3,(H,23,27)(H,24,28)(H,25,26). The summed E-state index contributed by atoms with van der Waals surface area (Å²) in [6.07, 6.45) is 0.410. The van der Waals surface area contributed by atoms with Crippen LogP contribution in [0.5, 0.6) is 11.5 Å². The van der Waals surface area contributed by atoms with Crippen LogP contribution in [-0.4, -0.2) is 38.5 Å². The van der Waals surface area contributed by atoms with Gasteiger partial charge in [0.1, 0.15) is 0 Å². The van der Waals surface area contributed by atoms with Crippen LogP contribution in [0.4, 0.5) is 5.69 Å². The minimum atomic E-state index is -0.276. The minimum absolute atomic E-state index is 0.0548. The van der Waals surface area contributed by atoms with Gasteiger partial charge < -0.3 is 25.4 Å². The zero-order chi connectivity index (χ0) is 22.1. The molecule has 0 aliphatic carbocycles. The van der Waals surface area contributed by atoms with E-state index in [0.29, 0.717) is 29.2 Å². The van der Waals surface area contributed by atoms with Crippen molar-refractivity contribution in [3.63, 3.8) is 0 Å². The van der Waals surface area contributed by atoms with Gasteiger partial charge in [-0.1, -0.05) is 19.1 Å². The number of amides is 3. The number of carbonyl (C=O) groups excluding carboxylic acids is 3. The molecule has 0 aromatic heterocycles. The lowest BCUT2D eigenvalue weighted by atomic mass is 10.1. The summed E-state index contributed by atoms with van der Waals surface area (Å²) in [5.74, 6) is 0.126. The Morgan fingerprint density at radius 2 is 1.70 bits per heavy atom. The van der Waals surface area contributed by atoms with Crippen LogP contribution in [-0.2, 0) is 9.59 Å². The number of hydrogen-bond donors (Lipinski definition) is 3. The number of ether oxygens (including phenoxy) is 2. The molecule has 0 fully saturated rings. The number of methoxy groups -OCH3 is 1. The second-order valence-electron chi connectivity index (χ2n) is 6.55. The molecule has 0 saturated carbocycles. The second-order valence-corrected chi connectivity index (χ2v) is 6.55. The topological polar surface area (TPSA) is 106 Å². The van der Waals surface area contributed by atoms with E-state index in [1.165, 1.54) is 14.2 Å². The van der Waals surface area contributed by atoms with Crippen molar-refractivity contribution in [1.82, 2.24) is 10.6 Å². The molecular formula is C22H27N3O5. The van der Waals surface area contributed by atoms with E-state index < -0.39 is 0 Å². The van der Waals surface area contributed by atoms with Crippen molar-refractivity contribution in [2.45, 2.75) is 26.3 Å². The lowest BCUT2D eigenvalue weighted by molar-refractivity contribution is -0.122. The molecule has 2 aromatic carbocycles. The summed E-state index contributed by atoms with van der Waals surface area (Å²) in [7, 11) is 2.98. The summed E-state index contributed by atoms with van der Waals surface area (Å²) in [6, 6.07) is 11.8. The summed E-state index contributed by atoms with van der Waals surface area (Å²) >= 11 is 0. The number of hydrogen-bond acceptors (Lipinski definition) is 5. The number of anilines is 1. The van der Waals surface area contributed by atoms with Crippen LogP contribution in [0.2, 0.25) is 0 Å². The van der Waals surface area contributed by atoms with E-state index >= 15 is 0 Å². The van der Waals surface area contributed by atoms with Crippen LogP contribution >= 0.6 is 0 Å². The van der Waals surface area contributed by atoms with Gasteiger partial charge >= 0.3 is 0 Å². The fourth-order valence-electron chi connectivity index (χ4n) is 2.61. The van der Waals surface area contributed by atoms with Gasteiger partial charge in [-0.15, -0.1) is 0 Å². The molecule has 3 amide bonds. The zero-order valence-corrected chi connectivity index (χ0v) is 17.6. The normalized spacial score (nSPS) is 11.2. The lowest BCUT2D eigenvalue weighted by Gasteiger charge is -2.16. The molecule has 0 aliphatic heterocycles. The number of likely N-dealkylation sites (N-methyl/N-ethyl adjacent to an activating group) is 1. The van der Waals surface area contributed by atoms with E-state index in [0.717, 1.165) is 5.56 Å². The first-order chi connectivity index (χ1) is 14.4. The fraction of sp³-hybridized carbons (Fsp3) is 0.318. The Bertz CT molecular complexity index is 896. The van der Waals surface area contributed by atoms with Crippen molar-refractivity contribution >= 4 is 23.4 Å². The lowest BCUT2D eigenvalue weighted by Crippen LogP contribution is -2.27. The van der Waals surface area contributed by atoms with E-state index in [-0.39, 0.29) is 30.4 Å². The smallest absolute Gasteiger partial charge is 0.257 e. The summed E-state index contributed by atoms with van der Waals surface area (Å²) in [5, 5.41) is 8.18. The molecule has 2 aromatic rings. The van der Waals surface area contributed by atoms with E-state index in [1.54, 1.807) is 37.3 Å². The number of benzene rings is 2. The van der Waals surface area contributed by atoms with Gasteiger partial charge in [-0.05, 0) is 42.8 Å². The number of carbonyl (C=O) groups is 3. The molecule has 8 nitrogen and oxygen atoms in total. The van der Waals surface area contributed by atoms with E-state index in [2.05, 4.69) is 16.0 Å². The molecule has 8 heteroatoms. The SMILES string of the molecule is CCC(=O)Nc1ccc(C(C)NC(=O)c2ccc(OCC(=O)NC)c(OC)c2)cc1. The van der Waals surface area contributed by atoms with Crippen LogP contribution in [0, 0.1) is 0 Å². The predicted molar refractivity (Wildman–Crippen MR) is 114 cm³/mol. The zero-order valence-electron chi connectivity index (χ0n) is 17.6. The highest BCUT2D eigenvalue weighted by Crippen LogP contribution is 2.28. The van der Waals surface area contributed by atoms with Crippen molar-refractivity contribution in [3.05, 3.63) is 53.6 Å². The molecule has 0 spiro atoms. The van der Waals surface area contributed by atoms with Crippen LogP contribution in [0.3, 0.4) is 0 Å². The molecule has 1 unspecified atom stereocenters. The Balaban J connectivity index is 2.04. The van der Waals surface area contributed by atoms with Crippen LogP contribution in [0.1, 0.15) is 42.2 Å². The Kier molecular flexibility index (Phi) is 8.22. The van der Waals surface area contributed by atoms with Gasteiger partial charge in [-0.25, -0.2) is 0 Å². The van der Waals surface area contributed by atoms with Gasteiger partial charge in [0.2, 0.25) is 5.91 Å². The quantitative estimate of drug-likeness (QED) is 0.586. The maximum atomic E-state index is 12.6. The van der Waals surface area contributed by atoms with Gasteiger partial charge in [0.25, 0.3) is 11.8 Å². The van der Waals surface area contributed by atoms with E-state index in [9.17, 15) is 14.4 Å². The first-order valence-electron chi connectivity index (χ1n) is 9.60. The summed E-state index contributed by atoms with van der Waals surface area (Å²) in [4.78, 5) is 35.4. The van der Waals surface area contributed by atoms with Gasteiger partial charge in [-0.2, -0.15) is 0 Å². The van der Waals surface area contributed by atoms with E-state index in [4.69, 9.17) is 9.47 Å². The molecule has 30 heavy (non-hydrogen) atoms. The van der Waals surface area contributed by atoms with Crippen molar-refractivity contribution in [3.8, 4) is 11.5 Å². The second kappa shape index (κ2) is 10.8. The molecule has 0 aliphatic rings. The molecule has 0 radical (unpaired) electrons.